The molecule has 3 aromatic rings. The molecule has 0 aliphatic carbocycles. The van der Waals surface area contributed by atoms with Gasteiger partial charge in [0, 0.05) is 31.2 Å². The zero-order valence-electron chi connectivity index (χ0n) is 15.4. The fourth-order valence-electron chi connectivity index (χ4n) is 3.40. The van der Waals surface area contributed by atoms with Crippen molar-refractivity contribution in [3.8, 4) is 0 Å². The zero-order chi connectivity index (χ0) is 19.6. The summed E-state index contributed by atoms with van der Waals surface area (Å²) in [6.07, 6.45) is 7.32. The lowest BCUT2D eigenvalue weighted by atomic mass is 10.2. The third-order valence-corrected chi connectivity index (χ3v) is 6.79. The number of sulfonamides is 1. The van der Waals surface area contributed by atoms with Gasteiger partial charge in [-0.15, -0.1) is 0 Å². The number of imidazole rings is 1. The summed E-state index contributed by atoms with van der Waals surface area (Å²) >= 11 is 0. The van der Waals surface area contributed by atoms with Gasteiger partial charge in [0.05, 0.1) is 4.90 Å². The smallest absolute Gasteiger partial charge is 0.275 e. The molecule has 1 saturated heterocycles. The number of carbonyl (C=O) groups is 1. The van der Waals surface area contributed by atoms with E-state index in [9.17, 15) is 13.2 Å². The SMILES string of the molecule is O=C(Nc1cccc(S(=O)(=O)N2CCCCCC2)c1)c1cn2ccccc2n1. The van der Waals surface area contributed by atoms with Gasteiger partial charge >= 0.3 is 0 Å². The van der Waals surface area contributed by atoms with Crippen molar-refractivity contribution >= 4 is 27.3 Å². The van der Waals surface area contributed by atoms with Gasteiger partial charge < -0.3 is 9.72 Å². The average molecular weight is 398 g/mol. The number of fused-ring (bicyclic) bond motifs is 1. The Balaban J connectivity index is 1.55. The molecule has 0 unspecified atom stereocenters. The summed E-state index contributed by atoms with van der Waals surface area (Å²) in [5, 5.41) is 2.75. The van der Waals surface area contributed by atoms with Crippen LogP contribution in [-0.2, 0) is 10.0 Å². The molecular formula is C20H22N4O3S. The topological polar surface area (TPSA) is 83.8 Å². The Bertz CT molecular complexity index is 1070. The van der Waals surface area contributed by atoms with E-state index >= 15 is 0 Å². The maximum atomic E-state index is 13.0. The highest BCUT2D eigenvalue weighted by Gasteiger charge is 2.25. The summed E-state index contributed by atoms with van der Waals surface area (Å²) in [6, 6.07) is 11.9. The molecule has 146 valence electrons. The molecule has 7 nitrogen and oxygen atoms in total. The summed E-state index contributed by atoms with van der Waals surface area (Å²) < 4.78 is 29.2. The zero-order valence-corrected chi connectivity index (χ0v) is 16.2. The quantitative estimate of drug-likeness (QED) is 0.732. The molecule has 28 heavy (non-hydrogen) atoms. The number of carbonyl (C=O) groups excluding carboxylic acids is 1. The Hall–Kier alpha value is -2.71. The van der Waals surface area contributed by atoms with Crippen LogP contribution in [0.4, 0.5) is 5.69 Å². The number of nitrogens with one attached hydrogen (secondary N) is 1. The number of hydrogen-bond donors (Lipinski definition) is 1. The van der Waals surface area contributed by atoms with Crippen LogP contribution in [0.1, 0.15) is 36.2 Å². The van der Waals surface area contributed by atoms with Crippen molar-refractivity contribution < 1.29 is 13.2 Å². The van der Waals surface area contributed by atoms with Crippen LogP contribution >= 0.6 is 0 Å². The molecular weight excluding hydrogens is 376 g/mol. The van der Waals surface area contributed by atoms with Crippen LogP contribution in [-0.4, -0.2) is 41.1 Å². The first kappa shape index (κ1) is 18.6. The van der Waals surface area contributed by atoms with E-state index in [0.717, 1.165) is 25.7 Å². The van der Waals surface area contributed by atoms with Crippen molar-refractivity contribution in [2.24, 2.45) is 0 Å². The molecule has 0 saturated carbocycles. The van der Waals surface area contributed by atoms with Gasteiger partial charge in [-0.05, 0) is 43.2 Å². The molecule has 0 atom stereocenters. The fraction of sp³-hybridized carbons (Fsp3) is 0.300. The molecule has 1 aliphatic rings. The van der Waals surface area contributed by atoms with Gasteiger partial charge in [-0.25, -0.2) is 13.4 Å². The molecule has 2 aromatic heterocycles. The highest BCUT2D eigenvalue weighted by Crippen LogP contribution is 2.23. The van der Waals surface area contributed by atoms with Crippen LogP contribution in [0.15, 0.2) is 59.8 Å². The number of anilines is 1. The van der Waals surface area contributed by atoms with Gasteiger partial charge in [0.15, 0.2) is 0 Å². The number of amides is 1. The van der Waals surface area contributed by atoms with Gasteiger partial charge in [0.1, 0.15) is 11.3 Å². The van der Waals surface area contributed by atoms with E-state index in [4.69, 9.17) is 0 Å². The molecule has 1 amide bonds. The minimum absolute atomic E-state index is 0.196. The van der Waals surface area contributed by atoms with Crippen molar-refractivity contribution in [2.45, 2.75) is 30.6 Å². The normalized spacial score (nSPS) is 16.0. The molecule has 0 radical (unpaired) electrons. The molecule has 1 N–H and O–H groups in total. The number of benzene rings is 1. The van der Waals surface area contributed by atoms with Crippen molar-refractivity contribution in [1.29, 1.82) is 0 Å². The first-order chi connectivity index (χ1) is 13.5. The molecule has 1 fully saturated rings. The second-order valence-electron chi connectivity index (χ2n) is 6.89. The second kappa shape index (κ2) is 7.73. The van der Waals surface area contributed by atoms with Crippen molar-refractivity contribution in [3.05, 3.63) is 60.6 Å². The van der Waals surface area contributed by atoms with Crippen LogP contribution < -0.4 is 5.32 Å². The minimum atomic E-state index is -3.57. The monoisotopic (exact) mass is 398 g/mol. The van der Waals surface area contributed by atoms with Crippen LogP contribution in [0.25, 0.3) is 5.65 Å². The second-order valence-corrected chi connectivity index (χ2v) is 8.83. The van der Waals surface area contributed by atoms with Gasteiger partial charge in [-0.1, -0.05) is 25.0 Å². The minimum Gasteiger partial charge on any atom is -0.321 e. The van der Waals surface area contributed by atoms with E-state index < -0.39 is 10.0 Å². The van der Waals surface area contributed by atoms with Crippen molar-refractivity contribution in [2.75, 3.05) is 18.4 Å². The Morgan fingerprint density at radius 2 is 1.79 bits per heavy atom. The number of nitrogens with zero attached hydrogens (tertiary/aromatic N) is 3. The van der Waals surface area contributed by atoms with Gasteiger partial charge in [-0.3, -0.25) is 4.79 Å². The lowest BCUT2D eigenvalue weighted by Crippen LogP contribution is -2.32. The van der Waals surface area contributed by atoms with Gasteiger partial charge in [-0.2, -0.15) is 4.31 Å². The first-order valence-corrected chi connectivity index (χ1v) is 10.8. The molecule has 4 rings (SSSR count). The maximum Gasteiger partial charge on any atom is 0.275 e. The maximum absolute atomic E-state index is 13.0. The number of rotatable bonds is 4. The van der Waals surface area contributed by atoms with Crippen LogP contribution in [0.2, 0.25) is 0 Å². The first-order valence-electron chi connectivity index (χ1n) is 9.39. The fourth-order valence-corrected chi connectivity index (χ4v) is 4.97. The van der Waals surface area contributed by atoms with E-state index in [1.165, 1.54) is 6.07 Å². The summed E-state index contributed by atoms with van der Waals surface area (Å²) in [5.41, 5.74) is 1.37. The molecule has 1 aromatic carbocycles. The van der Waals surface area contributed by atoms with E-state index in [1.54, 1.807) is 33.1 Å². The van der Waals surface area contributed by atoms with Gasteiger partial charge in [0.25, 0.3) is 5.91 Å². The number of pyridine rings is 1. The summed E-state index contributed by atoms with van der Waals surface area (Å²) in [7, 11) is -3.57. The van der Waals surface area contributed by atoms with E-state index in [1.807, 2.05) is 24.4 Å². The molecule has 3 heterocycles. The third kappa shape index (κ3) is 3.79. The van der Waals surface area contributed by atoms with Crippen molar-refractivity contribution in [3.63, 3.8) is 0 Å². The Morgan fingerprint density at radius 3 is 2.54 bits per heavy atom. The van der Waals surface area contributed by atoms with Crippen LogP contribution in [0.3, 0.4) is 0 Å². The van der Waals surface area contributed by atoms with Gasteiger partial charge in [0.2, 0.25) is 10.0 Å². The largest absolute Gasteiger partial charge is 0.321 e. The van der Waals surface area contributed by atoms with Crippen LogP contribution in [0, 0.1) is 0 Å². The van der Waals surface area contributed by atoms with E-state index in [-0.39, 0.29) is 16.5 Å². The van der Waals surface area contributed by atoms with Crippen LogP contribution in [0.5, 0.6) is 0 Å². The summed E-state index contributed by atoms with van der Waals surface area (Å²) in [5.74, 6) is -0.381. The molecule has 1 aliphatic heterocycles. The Morgan fingerprint density at radius 1 is 1.00 bits per heavy atom. The van der Waals surface area contributed by atoms with E-state index in [0.29, 0.717) is 24.4 Å². The van der Waals surface area contributed by atoms with Crippen molar-refractivity contribution in [1.82, 2.24) is 13.7 Å². The highest BCUT2D eigenvalue weighted by molar-refractivity contribution is 7.89. The standard InChI is InChI=1S/C20H22N4O3S/c25-20(18-15-23-11-6-3-10-19(23)22-18)21-16-8-7-9-17(14-16)28(26,27)24-12-4-1-2-5-13-24/h3,6-11,14-15H,1-2,4-5,12-13H2,(H,21,25). The highest BCUT2D eigenvalue weighted by atomic mass is 32.2. The number of hydrogen-bond acceptors (Lipinski definition) is 4. The lowest BCUT2D eigenvalue weighted by molar-refractivity contribution is 0.102. The Labute approximate surface area is 164 Å². The summed E-state index contributed by atoms with van der Waals surface area (Å²) in [6.45, 7) is 1.08. The lowest BCUT2D eigenvalue weighted by Gasteiger charge is -2.20. The molecule has 0 spiro atoms. The van der Waals surface area contributed by atoms with E-state index in [2.05, 4.69) is 10.3 Å². The third-order valence-electron chi connectivity index (χ3n) is 4.89. The summed E-state index contributed by atoms with van der Waals surface area (Å²) in [4.78, 5) is 17.0. The Kier molecular flexibility index (Phi) is 5.15. The predicted octanol–water partition coefficient (Wildman–Crippen LogP) is 3.15. The molecule has 8 heteroatoms. The average Bonchev–Trinajstić information content (AvgIpc) is 2.94. The number of aromatic nitrogens is 2. The predicted molar refractivity (Wildman–Crippen MR) is 107 cm³/mol. The molecule has 0 bridgehead atoms.